The first-order chi connectivity index (χ1) is 15.1. The first kappa shape index (κ1) is 21.7. The second kappa shape index (κ2) is 8.22. The van der Waals surface area contributed by atoms with E-state index in [4.69, 9.17) is 4.42 Å². The molecule has 9 heteroatoms. The number of fused-ring (bicyclic) bond motifs is 1. The summed E-state index contributed by atoms with van der Waals surface area (Å²) < 4.78 is 47.3. The van der Waals surface area contributed by atoms with Crippen molar-refractivity contribution in [1.29, 1.82) is 0 Å². The smallest absolute Gasteiger partial charge is 0.337 e. The van der Waals surface area contributed by atoms with Crippen molar-refractivity contribution in [2.45, 2.75) is 31.7 Å². The van der Waals surface area contributed by atoms with E-state index in [0.717, 1.165) is 6.07 Å². The van der Waals surface area contributed by atoms with Gasteiger partial charge in [0.2, 0.25) is 0 Å². The lowest BCUT2D eigenvalue weighted by atomic mass is 10.0. The first-order valence-corrected chi connectivity index (χ1v) is 10.1. The number of carbonyl (C=O) groups is 1. The van der Waals surface area contributed by atoms with Crippen LogP contribution in [0.1, 0.15) is 41.7 Å². The highest BCUT2D eigenvalue weighted by Crippen LogP contribution is 2.33. The number of carboxylic acid groups (broad SMARTS) is 1. The molecule has 32 heavy (non-hydrogen) atoms. The molecule has 1 saturated heterocycles. The van der Waals surface area contributed by atoms with Crippen LogP contribution in [0, 0.1) is 5.82 Å². The molecule has 0 spiro atoms. The summed E-state index contributed by atoms with van der Waals surface area (Å²) >= 11 is 0. The second-order valence-electron chi connectivity index (χ2n) is 7.88. The van der Waals surface area contributed by atoms with Crippen molar-refractivity contribution < 1.29 is 27.5 Å². The summed E-state index contributed by atoms with van der Waals surface area (Å²) in [6.45, 7) is 1.73. The Labute approximate surface area is 181 Å². The van der Waals surface area contributed by atoms with E-state index < -0.39 is 29.2 Å². The van der Waals surface area contributed by atoms with Gasteiger partial charge in [-0.25, -0.2) is 18.0 Å². The minimum absolute atomic E-state index is 0.0197. The molecule has 0 amide bonds. The van der Waals surface area contributed by atoms with E-state index in [1.165, 1.54) is 18.2 Å². The number of carboxylic acids is 1. The number of hydrogen-bond acceptors (Lipinski definition) is 5. The maximum Gasteiger partial charge on any atom is 0.337 e. The van der Waals surface area contributed by atoms with E-state index in [1.54, 1.807) is 30.0 Å². The average Bonchev–Trinajstić information content (AvgIpc) is 2.74. The first-order valence-electron chi connectivity index (χ1n) is 10.1. The van der Waals surface area contributed by atoms with Crippen LogP contribution in [-0.2, 0) is 0 Å². The van der Waals surface area contributed by atoms with Crippen LogP contribution in [0.3, 0.4) is 0 Å². The zero-order valence-corrected chi connectivity index (χ0v) is 17.2. The molecule has 0 bridgehead atoms. The van der Waals surface area contributed by atoms with Crippen LogP contribution in [-0.4, -0.2) is 30.1 Å². The Morgan fingerprint density at radius 2 is 1.88 bits per heavy atom. The van der Waals surface area contributed by atoms with Gasteiger partial charge in [0.25, 0.3) is 5.92 Å². The lowest BCUT2D eigenvalue weighted by molar-refractivity contribution is -0.0225. The highest BCUT2D eigenvalue weighted by Gasteiger charge is 2.35. The van der Waals surface area contributed by atoms with E-state index in [1.807, 2.05) is 0 Å². The third-order valence-corrected chi connectivity index (χ3v) is 5.61. The molecule has 1 aromatic heterocycles. The lowest BCUT2D eigenvalue weighted by Crippen LogP contribution is -2.39. The number of hydrogen-bond donors (Lipinski definition) is 2. The van der Waals surface area contributed by atoms with Crippen LogP contribution >= 0.6 is 0 Å². The molecular weight excluding hydrogens is 425 g/mol. The third kappa shape index (κ3) is 4.28. The molecule has 3 aromatic rings. The quantitative estimate of drug-likeness (QED) is 0.572. The zero-order valence-electron chi connectivity index (χ0n) is 17.2. The number of benzene rings is 2. The molecule has 6 nitrogen and oxygen atoms in total. The van der Waals surface area contributed by atoms with Gasteiger partial charge in [-0.3, -0.25) is 4.79 Å². The molecule has 2 aromatic carbocycles. The van der Waals surface area contributed by atoms with E-state index in [9.17, 15) is 27.9 Å². The van der Waals surface area contributed by atoms with Crippen molar-refractivity contribution in [3.8, 4) is 0 Å². The predicted octanol–water partition coefficient (Wildman–Crippen LogP) is 5.04. The zero-order chi connectivity index (χ0) is 23.0. The van der Waals surface area contributed by atoms with Gasteiger partial charge in [0.05, 0.1) is 17.0 Å². The number of para-hydroxylation sites is 1. The fourth-order valence-corrected chi connectivity index (χ4v) is 3.87. The molecule has 168 valence electrons. The largest absolute Gasteiger partial charge is 0.478 e. The summed E-state index contributed by atoms with van der Waals surface area (Å²) in [4.78, 5) is 25.8. The van der Waals surface area contributed by atoms with E-state index in [2.05, 4.69) is 5.32 Å². The number of aromatic carboxylic acids is 1. The van der Waals surface area contributed by atoms with Crippen molar-refractivity contribution in [1.82, 2.24) is 0 Å². The number of anilines is 2. The SMILES string of the molecule is CC(Nc1ccccc1C(=O)O)c1cc(F)cc2c(=O)cc(N3CCC(F)(F)CC3)oc12. The summed E-state index contributed by atoms with van der Waals surface area (Å²) in [5.41, 5.74) is 0.302. The molecule has 0 saturated carbocycles. The molecule has 1 aliphatic rings. The summed E-state index contributed by atoms with van der Waals surface area (Å²) in [6.07, 6.45) is -0.704. The number of nitrogens with zero attached hydrogens (tertiary/aromatic N) is 1. The molecule has 0 radical (unpaired) electrons. The standard InChI is InChI=1S/C23H21F3N2O4/c1-13(27-18-5-3-2-4-15(18)22(30)31)16-10-14(24)11-17-19(29)12-20(32-21(16)17)28-8-6-23(25,26)7-9-28/h2-5,10-13,27H,6-9H2,1H3,(H,30,31). The highest BCUT2D eigenvalue weighted by atomic mass is 19.3. The fourth-order valence-electron chi connectivity index (χ4n) is 3.87. The van der Waals surface area contributed by atoms with Crippen molar-refractivity contribution in [2.75, 3.05) is 23.3 Å². The number of nitrogens with one attached hydrogen (secondary N) is 1. The van der Waals surface area contributed by atoms with Crippen LogP contribution < -0.4 is 15.6 Å². The van der Waals surface area contributed by atoms with E-state index in [-0.39, 0.29) is 48.3 Å². The second-order valence-corrected chi connectivity index (χ2v) is 7.88. The minimum Gasteiger partial charge on any atom is -0.478 e. The lowest BCUT2D eigenvalue weighted by Gasteiger charge is -2.32. The van der Waals surface area contributed by atoms with Crippen molar-refractivity contribution in [3.05, 3.63) is 69.6 Å². The molecule has 0 aliphatic carbocycles. The Bertz CT molecular complexity index is 1230. The van der Waals surface area contributed by atoms with Gasteiger partial charge in [-0.05, 0) is 31.2 Å². The monoisotopic (exact) mass is 446 g/mol. The van der Waals surface area contributed by atoms with Gasteiger partial charge >= 0.3 is 5.97 Å². The fraction of sp³-hybridized carbons (Fsp3) is 0.304. The van der Waals surface area contributed by atoms with Gasteiger partial charge in [0.1, 0.15) is 11.4 Å². The Kier molecular flexibility index (Phi) is 5.58. The third-order valence-electron chi connectivity index (χ3n) is 5.61. The van der Waals surface area contributed by atoms with Crippen LogP contribution in [0.2, 0.25) is 0 Å². The Hall–Kier alpha value is -3.49. The minimum atomic E-state index is -2.75. The summed E-state index contributed by atoms with van der Waals surface area (Å²) in [6, 6.07) is 9.10. The number of rotatable bonds is 5. The highest BCUT2D eigenvalue weighted by molar-refractivity contribution is 5.94. The molecule has 1 unspecified atom stereocenters. The summed E-state index contributed by atoms with van der Waals surface area (Å²) in [5.74, 6) is -4.38. The summed E-state index contributed by atoms with van der Waals surface area (Å²) in [5, 5.41) is 12.5. The normalized spacial score (nSPS) is 16.7. The maximum absolute atomic E-state index is 14.3. The number of alkyl halides is 2. The number of halogens is 3. The molecule has 1 aliphatic heterocycles. The topological polar surface area (TPSA) is 82.8 Å². The van der Waals surface area contributed by atoms with Crippen LogP contribution in [0.5, 0.6) is 0 Å². The van der Waals surface area contributed by atoms with Gasteiger partial charge in [-0.15, -0.1) is 0 Å². The van der Waals surface area contributed by atoms with Gasteiger partial charge < -0.3 is 19.7 Å². The average molecular weight is 446 g/mol. The van der Waals surface area contributed by atoms with Crippen molar-refractivity contribution in [2.24, 2.45) is 0 Å². The van der Waals surface area contributed by atoms with Gasteiger partial charge in [-0.1, -0.05) is 12.1 Å². The van der Waals surface area contributed by atoms with Crippen LogP contribution in [0.4, 0.5) is 24.7 Å². The maximum atomic E-state index is 14.3. The predicted molar refractivity (Wildman–Crippen MR) is 114 cm³/mol. The van der Waals surface area contributed by atoms with Gasteiger partial charge in [0.15, 0.2) is 11.3 Å². The van der Waals surface area contributed by atoms with Crippen molar-refractivity contribution in [3.63, 3.8) is 0 Å². The Morgan fingerprint density at radius 3 is 2.56 bits per heavy atom. The van der Waals surface area contributed by atoms with Gasteiger partial charge in [0, 0.05) is 43.2 Å². The Balaban J connectivity index is 1.75. The number of piperidine rings is 1. The molecule has 4 rings (SSSR count). The van der Waals surface area contributed by atoms with Crippen LogP contribution in [0.15, 0.2) is 51.7 Å². The van der Waals surface area contributed by atoms with Crippen LogP contribution in [0.25, 0.3) is 11.0 Å². The molecular formula is C23H21F3N2O4. The molecule has 1 atom stereocenters. The molecule has 1 fully saturated rings. The molecule has 2 heterocycles. The Morgan fingerprint density at radius 1 is 1.19 bits per heavy atom. The molecule has 2 N–H and O–H groups in total. The van der Waals surface area contributed by atoms with Crippen molar-refractivity contribution >= 4 is 28.5 Å². The summed E-state index contributed by atoms with van der Waals surface area (Å²) in [7, 11) is 0. The van der Waals surface area contributed by atoms with E-state index in [0.29, 0.717) is 11.3 Å². The van der Waals surface area contributed by atoms with Gasteiger partial charge in [-0.2, -0.15) is 0 Å². The van der Waals surface area contributed by atoms with E-state index >= 15 is 0 Å².